The van der Waals surface area contributed by atoms with Crippen molar-refractivity contribution in [2.24, 2.45) is 10.8 Å². The summed E-state index contributed by atoms with van der Waals surface area (Å²) in [4.78, 5) is 43.2. The number of hydrogen-bond acceptors (Lipinski definition) is 3. The Morgan fingerprint density at radius 1 is 0.417 bits per heavy atom. The smallest absolute Gasteiger partial charge is 0.161 e. The Morgan fingerprint density at radius 2 is 0.750 bits per heavy atom. The molecular formula is C57H60O3. The molecule has 0 N–H and O–H groups in total. The van der Waals surface area contributed by atoms with Gasteiger partial charge in [0.05, 0.1) is 10.8 Å². The summed E-state index contributed by atoms with van der Waals surface area (Å²) in [5.41, 5.74) is 7.76. The van der Waals surface area contributed by atoms with Gasteiger partial charge in [0, 0.05) is 12.8 Å². The van der Waals surface area contributed by atoms with E-state index in [-0.39, 0.29) is 17.3 Å². The maximum absolute atomic E-state index is 15.2. The lowest BCUT2D eigenvalue weighted by molar-refractivity contribution is -0.171. The van der Waals surface area contributed by atoms with Crippen LogP contribution in [-0.2, 0) is 52.9 Å². The molecule has 1 aliphatic rings. The predicted molar refractivity (Wildman–Crippen MR) is 246 cm³/mol. The molecule has 0 radical (unpaired) electrons. The summed E-state index contributed by atoms with van der Waals surface area (Å²) < 4.78 is 0. The minimum atomic E-state index is -1.13. The van der Waals surface area contributed by atoms with E-state index in [1.807, 2.05) is 91.0 Å². The molecule has 1 fully saturated rings. The van der Waals surface area contributed by atoms with Gasteiger partial charge in [-0.15, -0.1) is 0 Å². The van der Waals surface area contributed by atoms with Gasteiger partial charge in [0.15, 0.2) is 11.6 Å². The van der Waals surface area contributed by atoms with E-state index in [9.17, 15) is 4.79 Å². The van der Waals surface area contributed by atoms with Gasteiger partial charge >= 0.3 is 0 Å². The number of ketones is 3. The number of rotatable bonds is 19. The van der Waals surface area contributed by atoms with Gasteiger partial charge in [0.25, 0.3) is 0 Å². The number of hydrogen-bond donors (Lipinski definition) is 0. The molecule has 1 aliphatic carbocycles. The zero-order valence-corrected chi connectivity index (χ0v) is 35.9. The van der Waals surface area contributed by atoms with Crippen LogP contribution in [0.3, 0.4) is 0 Å². The van der Waals surface area contributed by atoms with Gasteiger partial charge in [0.1, 0.15) is 5.78 Å². The minimum Gasteiger partial charge on any atom is -0.299 e. The van der Waals surface area contributed by atoms with Crippen molar-refractivity contribution >= 4 is 17.3 Å². The van der Waals surface area contributed by atoms with Gasteiger partial charge in [-0.2, -0.15) is 0 Å². The molecule has 0 spiro atoms. The predicted octanol–water partition coefficient (Wildman–Crippen LogP) is 12.6. The first-order chi connectivity index (χ1) is 29.1. The van der Waals surface area contributed by atoms with E-state index in [1.165, 1.54) is 16.7 Å². The molecule has 0 heterocycles. The van der Waals surface area contributed by atoms with Gasteiger partial charge in [0.2, 0.25) is 0 Å². The summed E-state index contributed by atoms with van der Waals surface area (Å²) in [6.07, 6.45) is 5.57. The zero-order valence-electron chi connectivity index (χ0n) is 35.9. The van der Waals surface area contributed by atoms with E-state index in [0.717, 1.165) is 52.6 Å². The maximum atomic E-state index is 15.2. The highest BCUT2D eigenvalue weighted by Crippen LogP contribution is 2.54. The van der Waals surface area contributed by atoms with Gasteiger partial charge in [-0.05, 0) is 113 Å². The lowest BCUT2D eigenvalue weighted by Gasteiger charge is -2.53. The standard InChI is InChI=1S/C57H60O3/c1-5-41(3)50-28-24-47(25-29-50)39-56(37-45-18-12-8-13-19-45)54(59)57(55(56)60,38-46-20-14-9-15-21-46)40-48-26-30-51(31-27-48)42(4)34-49(6-2)52-32-22-44(23-33-52)36-53(58)35-43-16-10-7-11-17-43/h7-33,41-42,49H,5-6,34-40H2,1-4H3. The third-order valence-electron chi connectivity index (χ3n) is 13.4. The molecular weight excluding hydrogens is 733 g/mol. The fourth-order valence-corrected chi connectivity index (χ4v) is 9.70. The summed E-state index contributed by atoms with van der Waals surface area (Å²) in [7, 11) is 0. The molecule has 1 saturated carbocycles. The van der Waals surface area contributed by atoms with Crippen LogP contribution in [0.15, 0.2) is 164 Å². The second-order valence-electron chi connectivity index (χ2n) is 17.7. The van der Waals surface area contributed by atoms with Crippen LogP contribution in [0.4, 0.5) is 0 Å². The Bertz CT molecular complexity index is 2310. The van der Waals surface area contributed by atoms with Crippen molar-refractivity contribution in [1.29, 1.82) is 0 Å². The van der Waals surface area contributed by atoms with E-state index in [4.69, 9.17) is 0 Å². The summed E-state index contributed by atoms with van der Waals surface area (Å²) in [5, 5.41) is 0. The van der Waals surface area contributed by atoms with Crippen LogP contribution in [0.25, 0.3) is 0 Å². The van der Waals surface area contributed by atoms with E-state index in [1.54, 1.807) is 0 Å². The molecule has 0 saturated heterocycles. The second kappa shape index (κ2) is 19.1. The van der Waals surface area contributed by atoms with Crippen LogP contribution in [0.5, 0.6) is 0 Å². The van der Waals surface area contributed by atoms with Crippen molar-refractivity contribution in [3.05, 3.63) is 214 Å². The normalized spacial score (nSPS) is 19.0. The zero-order chi connectivity index (χ0) is 42.1. The molecule has 0 amide bonds. The Balaban J connectivity index is 1.08. The third-order valence-corrected chi connectivity index (χ3v) is 13.4. The molecule has 6 aromatic rings. The van der Waals surface area contributed by atoms with Crippen molar-refractivity contribution in [2.45, 2.75) is 103 Å². The van der Waals surface area contributed by atoms with Crippen LogP contribution in [0, 0.1) is 10.8 Å². The second-order valence-corrected chi connectivity index (χ2v) is 17.7. The van der Waals surface area contributed by atoms with Gasteiger partial charge in [-0.3, -0.25) is 14.4 Å². The van der Waals surface area contributed by atoms with Crippen LogP contribution in [-0.4, -0.2) is 17.3 Å². The fourth-order valence-electron chi connectivity index (χ4n) is 9.70. The molecule has 3 nitrogen and oxygen atoms in total. The molecule has 6 aromatic carbocycles. The van der Waals surface area contributed by atoms with E-state index < -0.39 is 10.8 Å². The topological polar surface area (TPSA) is 51.2 Å². The summed E-state index contributed by atoms with van der Waals surface area (Å²) in [5.74, 6) is 1.51. The minimum absolute atomic E-state index is 0.0634. The van der Waals surface area contributed by atoms with Crippen LogP contribution in [0.2, 0.25) is 0 Å². The molecule has 7 rings (SSSR count). The van der Waals surface area contributed by atoms with Gasteiger partial charge in [-0.1, -0.05) is 191 Å². The summed E-state index contributed by atoms with van der Waals surface area (Å²) >= 11 is 0. The maximum Gasteiger partial charge on any atom is 0.161 e. The average molecular weight is 793 g/mol. The van der Waals surface area contributed by atoms with Gasteiger partial charge in [-0.25, -0.2) is 0 Å². The average Bonchev–Trinajstić information content (AvgIpc) is 3.28. The van der Waals surface area contributed by atoms with Crippen LogP contribution >= 0.6 is 0 Å². The molecule has 3 unspecified atom stereocenters. The van der Waals surface area contributed by atoms with E-state index in [2.05, 4.69) is 100 Å². The number of benzene rings is 6. The van der Waals surface area contributed by atoms with Gasteiger partial charge < -0.3 is 0 Å². The Labute approximate surface area is 358 Å². The molecule has 3 atom stereocenters. The Hall–Kier alpha value is -5.67. The largest absolute Gasteiger partial charge is 0.299 e. The lowest BCUT2D eigenvalue weighted by atomic mass is 9.44. The third kappa shape index (κ3) is 9.52. The molecule has 60 heavy (non-hydrogen) atoms. The first-order valence-corrected chi connectivity index (χ1v) is 22.1. The first kappa shape index (κ1) is 42.5. The van der Waals surface area contributed by atoms with Crippen LogP contribution < -0.4 is 0 Å². The quantitative estimate of drug-likeness (QED) is 0.0768. The molecule has 0 aromatic heterocycles. The highest BCUT2D eigenvalue weighted by molar-refractivity contribution is 6.31. The van der Waals surface area contributed by atoms with E-state index >= 15 is 9.59 Å². The van der Waals surface area contributed by atoms with Crippen molar-refractivity contribution in [1.82, 2.24) is 0 Å². The Kier molecular flexibility index (Phi) is 13.5. The van der Waals surface area contributed by atoms with Crippen LogP contribution in [0.1, 0.15) is 115 Å². The fraction of sp³-hybridized carbons (Fsp3) is 0.316. The molecule has 3 heteroatoms. The van der Waals surface area contributed by atoms with Crippen molar-refractivity contribution in [3.8, 4) is 0 Å². The van der Waals surface area contributed by atoms with Crippen molar-refractivity contribution in [3.63, 3.8) is 0 Å². The molecule has 306 valence electrons. The van der Waals surface area contributed by atoms with E-state index in [0.29, 0.717) is 56.3 Å². The highest BCUT2D eigenvalue weighted by atomic mass is 16.2. The lowest BCUT2D eigenvalue weighted by Crippen LogP contribution is -2.70. The first-order valence-electron chi connectivity index (χ1n) is 22.1. The Morgan fingerprint density at radius 3 is 1.15 bits per heavy atom. The van der Waals surface area contributed by atoms with Crippen molar-refractivity contribution < 1.29 is 14.4 Å². The number of carbonyl (C=O) groups excluding carboxylic acids is 3. The highest BCUT2D eigenvalue weighted by Gasteiger charge is 2.70. The molecule has 0 bridgehead atoms. The summed E-state index contributed by atoms with van der Waals surface area (Å²) in [6, 6.07) is 56.0. The summed E-state index contributed by atoms with van der Waals surface area (Å²) in [6.45, 7) is 8.97. The molecule has 0 aliphatic heterocycles. The monoisotopic (exact) mass is 792 g/mol. The number of carbonyl (C=O) groups is 3. The number of Topliss-reactive ketones (excluding diaryl/α,β-unsaturated/α-hetero) is 3. The van der Waals surface area contributed by atoms with Crippen molar-refractivity contribution in [2.75, 3.05) is 0 Å². The SMILES string of the molecule is CCC(C)c1ccc(CC2(Cc3ccccc3)C(=O)C(Cc3ccccc3)(Cc3ccc(C(C)CC(CC)c4ccc(CC(=O)Cc5ccccc5)cc4)cc3)C2=O)cc1.